The normalized spacial score (nSPS) is 10.8. The SMILES string of the molecule is C#CC(=O)NC(C)(C)CCC.CC.CCCCc1nc2c(N)nc3cc(CC)ccc3c2n1Cc1cccc(O)c1O. The third kappa shape index (κ3) is 8.39. The molecule has 8 heteroatoms. The fourth-order valence-corrected chi connectivity index (χ4v) is 4.83. The van der Waals surface area contributed by atoms with Crippen LogP contribution in [0.5, 0.6) is 11.5 Å². The average molecular weight is 574 g/mol. The largest absolute Gasteiger partial charge is 0.504 e. The first-order chi connectivity index (χ1) is 20.0. The van der Waals surface area contributed by atoms with Crippen LogP contribution in [0.4, 0.5) is 5.82 Å². The first-order valence-electron chi connectivity index (χ1n) is 14.9. The number of nitrogens with two attached hydrogens (primary N) is 1. The molecular formula is C34H47N5O3. The van der Waals surface area contributed by atoms with E-state index in [9.17, 15) is 15.0 Å². The minimum Gasteiger partial charge on any atom is -0.504 e. The van der Waals surface area contributed by atoms with Crippen molar-refractivity contribution in [2.75, 3.05) is 5.73 Å². The van der Waals surface area contributed by atoms with Gasteiger partial charge in [0, 0.05) is 22.9 Å². The lowest BCUT2D eigenvalue weighted by molar-refractivity contribution is -0.117. The van der Waals surface area contributed by atoms with Crippen LogP contribution >= 0.6 is 0 Å². The maximum atomic E-state index is 10.8. The molecule has 4 aromatic rings. The Balaban J connectivity index is 0.000000403. The zero-order chi connectivity index (χ0) is 31.4. The second kappa shape index (κ2) is 15.7. The molecule has 0 spiro atoms. The highest BCUT2D eigenvalue weighted by atomic mass is 16.3. The van der Waals surface area contributed by atoms with E-state index in [1.165, 1.54) is 11.6 Å². The van der Waals surface area contributed by atoms with Gasteiger partial charge in [0.25, 0.3) is 5.91 Å². The lowest BCUT2D eigenvalue weighted by Gasteiger charge is -2.24. The number of aromatic nitrogens is 3. The maximum Gasteiger partial charge on any atom is 0.296 e. The molecule has 0 aliphatic rings. The lowest BCUT2D eigenvalue weighted by Crippen LogP contribution is -2.42. The predicted molar refractivity (Wildman–Crippen MR) is 174 cm³/mol. The molecule has 8 nitrogen and oxygen atoms in total. The van der Waals surface area contributed by atoms with Crippen molar-refractivity contribution in [2.45, 2.75) is 99.1 Å². The van der Waals surface area contributed by atoms with Gasteiger partial charge in [-0.15, -0.1) is 6.42 Å². The molecule has 0 saturated carbocycles. The van der Waals surface area contributed by atoms with Crippen LogP contribution in [-0.2, 0) is 24.2 Å². The summed E-state index contributed by atoms with van der Waals surface area (Å²) in [5.41, 5.74) is 10.4. The number of carbonyl (C=O) groups excluding carboxylic acids is 1. The van der Waals surface area contributed by atoms with Gasteiger partial charge in [0.2, 0.25) is 0 Å². The van der Waals surface area contributed by atoms with Crippen LogP contribution in [0, 0.1) is 12.3 Å². The van der Waals surface area contributed by atoms with E-state index >= 15 is 0 Å². The molecule has 0 atom stereocenters. The van der Waals surface area contributed by atoms with Gasteiger partial charge in [0.1, 0.15) is 11.3 Å². The topological polar surface area (TPSA) is 126 Å². The number of phenolic OH excluding ortho intramolecular Hbond substituents is 2. The van der Waals surface area contributed by atoms with Crippen molar-refractivity contribution in [1.82, 2.24) is 19.9 Å². The highest BCUT2D eigenvalue weighted by Crippen LogP contribution is 2.34. The number of carbonyl (C=O) groups is 1. The molecule has 0 aliphatic carbocycles. The number of phenols is 2. The van der Waals surface area contributed by atoms with Crippen molar-refractivity contribution in [3.05, 3.63) is 53.3 Å². The van der Waals surface area contributed by atoms with Gasteiger partial charge in [-0.2, -0.15) is 0 Å². The van der Waals surface area contributed by atoms with Crippen molar-refractivity contribution in [2.24, 2.45) is 0 Å². The molecule has 226 valence electrons. The molecule has 2 heterocycles. The van der Waals surface area contributed by atoms with Crippen LogP contribution in [0.2, 0.25) is 0 Å². The first-order valence-corrected chi connectivity index (χ1v) is 14.9. The van der Waals surface area contributed by atoms with Crippen molar-refractivity contribution < 1.29 is 15.0 Å². The molecule has 0 fully saturated rings. The molecule has 4 rings (SSSR count). The van der Waals surface area contributed by atoms with Gasteiger partial charge in [-0.1, -0.05) is 71.7 Å². The van der Waals surface area contributed by atoms with Gasteiger partial charge in [-0.25, -0.2) is 9.97 Å². The number of unbranched alkanes of at least 4 members (excludes halogenated alkanes) is 1. The summed E-state index contributed by atoms with van der Waals surface area (Å²) in [6.45, 7) is 14.7. The Kier molecular flexibility index (Phi) is 12.7. The minimum absolute atomic E-state index is 0.101. The number of imidazole rings is 1. The zero-order valence-corrected chi connectivity index (χ0v) is 26.2. The molecule has 0 saturated heterocycles. The number of terminal acetylenes is 1. The summed E-state index contributed by atoms with van der Waals surface area (Å²) in [5.74, 6) is 2.80. The number of aromatic hydroxyl groups is 2. The number of nitrogens with zero attached hydrogens (tertiary/aromatic N) is 3. The molecule has 2 aromatic carbocycles. The quantitative estimate of drug-likeness (QED) is 0.128. The third-order valence-corrected chi connectivity index (χ3v) is 6.89. The van der Waals surface area contributed by atoms with Crippen molar-refractivity contribution >= 4 is 33.7 Å². The number of hydrogen-bond acceptors (Lipinski definition) is 6. The number of benzene rings is 2. The molecule has 2 aromatic heterocycles. The Morgan fingerprint density at radius 2 is 1.81 bits per heavy atom. The highest BCUT2D eigenvalue weighted by molar-refractivity contribution is 6.06. The third-order valence-electron chi connectivity index (χ3n) is 6.89. The summed E-state index contributed by atoms with van der Waals surface area (Å²) in [5, 5.41) is 24.0. The van der Waals surface area contributed by atoms with Gasteiger partial charge in [0.05, 0.1) is 17.6 Å². The van der Waals surface area contributed by atoms with Crippen LogP contribution < -0.4 is 11.1 Å². The van der Waals surface area contributed by atoms with E-state index < -0.39 is 0 Å². The molecule has 42 heavy (non-hydrogen) atoms. The van der Waals surface area contributed by atoms with Gasteiger partial charge in [-0.3, -0.25) is 4.79 Å². The van der Waals surface area contributed by atoms with Gasteiger partial charge >= 0.3 is 0 Å². The molecule has 0 aliphatic heterocycles. The number of rotatable bonds is 9. The predicted octanol–water partition coefficient (Wildman–Crippen LogP) is 6.87. The summed E-state index contributed by atoms with van der Waals surface area (Å²) in [4.78, 5) is 20.2. The number of nitrogen functional groups attached to an aromatic ring is 1. The highest BCUT2D eigenvalue weighted by Gasteiger charge is 2.19. The summed E-state index contributed by atoms with van der Waals surface area (Å²) >= 11 is 0. The van der Waals surface area contributed by atoms with Crippen LogP contribution in [0.3, 0.4) is 0 Å². The number of nitrogens with one attached hydrogen (secondary N) is 1. The van der Waals surface area contributed by atoms with E-state index in [-0.39, 0.29) is 22.9 Å². The smallest absolute Gasteiger partial charge is 0.296 e. The van der Waals surface area contributed by atoms with Crippen LogP contribution in [0.15, 0.2) is 36.4 Å². The molecule has 0 bridgehead atoms. The molecule has 0 radical (unpaired) electrons. The molecule has 1 amide bonds. The molecule has 5 N–H and O–H groups in total. The number of aryl methyl sites for hydroxylation is 2. The number of amides is 1. The number of hydrogen-bond donors (Lipinski definition) is 4. The molecule has 0 unspecified atom stereocenters. The van der Waals surface area contributed by atoms with Crippen molar-refractivity contribution in [1.29, 1.82) is 0 Å². The van der Waals surface area contributed by atoms with Crippen molar-refractivity contribution in [3.63, 3.8) is 0 Å². The maximum absolute atomic E-state index is 10.8. The number of pyridine rings is 1. The lowest BCUT2D eigenvalue weighted by atomic mass is 9.99. The fraction of sp³-hybridized carbons (Fsp3) is 0.441. The Morgan fingerprint density at radius 3 is 2.43 bits per heavy atom. The van der Waals surface area contributed by atoms with E-state index in [0.29, 0.717) is 23.4 Å². The summed E-state index contributed by atoms with van der Waals surface area (Å²) in [7, 11) is 0. The van der Waals surface area contributed by atoms with Crippen LogP contribution in [0.25, 0.3) is 21.9 Å². The van der Waals surface area contributed by atoms with Crippen LogP contribution in [-0.4, -0.2) is 36.2 Å². The number of para-hydroxylation sites is 1. The van der Waals surface area contributed by atoms with Gasteiger partial charge in [-0.05, 0) is 56.7 Å². The Bertz CT molecular complexity index is 1530. The standard InChI is InChI=1S/C23H26N4O2.C9H15NO.C2H6/c1-3-5-9-19-26-20-21(27(19)13-15-7-6-8-18(28)22(15)29)16-11-10-14(4-2)12-17(16)25-23(20)24;1-5-7-9(3,4)10-8(11)6-2;1-2/h6-8,10-12,28-29H,3-5,9,13H2,1-2H3,(H2,24,25);2H,5,7H2,1,3-4H3,(H,10,11);1-2H3. The number of anilines is 1. The van der Waals surface area contributed by atoms with E-state index in [1.54, 1.807) is 6.07 Å². The van der Waals surface area contributed by atoms with E-state index in [4.69, 9.17) is 17.1 Å². The minimum atomic E-state index is -0.330. The summed E-state index contributed by atoms with van der Waals surface area (Å²) in [6, 6.07) is 11.3. The van der Waals surface area contributed by atoms with Gasteiger partial charge < -0.3 is 25.8 Å². The summed E-state index contributed by atoms with van der Waals surface area (Å²) < 4.78 is 2.10. The second-order valence-electron chi connectivity index (χ2n) is 10.6. The molecular weight excluding hydrogens is 526 g/mol. The van der Waals surface area contributed by atoms with E-state index in [2.05, 4.69) is 53.8 Å². The Hall–Kier alpha value is -4.25. The fourth-order valence-electron chi connectivity index (χ4n) is 4.83. The van der Waals surface area contributed by atoms with E-state index in [1.807, 2.05) is 39.7 Å². The van der Waals surface area contributed by atoms with Crippen LogP contribution in [0.1, 0.15) is 91.1 Å². The number of fused-ring (bicyclic) bond motifs is 3. The van der Waals surface area contributed by atoms with Gasteiger partial charge in [0.15, 0.2) is 17.3 Å². The summed E-state index contributed by atoms with van der Waals surface area (Å²) in [6.07, 6.45) is 10.7. The Morgan fingerprint density at radius 1 is 1.10 bits per heavy atom. The second-order valence-corrected chi connectivity index (χ2v) is 10.6. The monoisotopic (exact) mass is 573 g/mol. The van der Waals surface area contributed by atoms with Crippen molar-refractivity contribution in [3.8, 4) is 23.8 Å². The Labute approximate surface area is 250 Å². The average Bonchev–Trinajstić information content (AvgIpc) is 3.33. The van der Waals surface area contributed by atoms with E-state index in [0.717, 1.165) is 60.8 Å². The zero-order valence-electron chi connectivity index (χ0n) is 26.2. The first kappa shape index (κ1) is 34.0.